The van der Waals surface area contributed by atoms with Gasteiger partial charge < -0.3 is 10.6 Å². The van der Waals surface area contributed by atoms with Crippen LogP contribution in [0.15, 0.2) is 12.7 Å². The smallest absolute Gasteiger partial charge is 0.221 e. The normalized spacial score (nSPS) is 21.6. The van der Waals surface area contributed by atoms with E-state index in [0.29, 0.717) is 19.0 Å². The van der Waals surface area contributed by atoms with Gasteiger partial charge in [0, 0.05) is 37.1 Å². The van der Waals surface area contributed by atoms with Crippen molar-refractivity contribution in [1.82, 2.24) is 10.6 Å². The summed E-state index contributed by atoms with van der Waals surface area (Å²) in [6.07, 6.45) is 3.26. The first-order valence-corrected chi connectivity index (χ1v) is 6.17. The maximum absolute atomic E-state index is 11.4. The first-order chi connectivity index (χ1) is 6.83. The zero-order chi connectivity index (χ0) is 10.2. The van der Waals surface area contributed by atoms with Crippen LogP contribution in [0.25, 0.3) is 0 Å². The summed E-state index contributed by atoms with van der Waals surface area (Å²) in [5, 5.41) is 6.21. The van der Waals surface area contributed by atoms with E-state index in [2.05, 4.69) is 17.2 Å². The van der Waals surface area contributed by atoms with E-state index in [1.807, 2.05) is 17.8 Å². The Hall–Kier alpha value is -0.480. The van der Waals surface area contributed by atoms with Crippen molar-refractivity contribution in [2.75, 3.05) is 24.6 Å². The number of carbonyl (C=O) groups is 1. The number of amides is 1. The molecule has 3 nitrogen and oxygen atoms in total. The van der Waals surface area contributed by atoms with Crippen LogP contribution in [0.1, 0.15) is 12.8 Å². The summed E-state index contributed by atoms with van der Waals surface area (Å²) in [5.74, 6) is 2.36. The molecule has 80 valence electrons. The monoisotopic (exact) mass is 214 g/mol. The van der Waals surface area contributed by atoms with Crippen LogP contribution in [0.5, 0.6) is 0 Å². The van der Waals surface area contributed by atoms with Crippen molar-refractivity contribution in [1.29, 1.82) is 0 Å². The van der Waals surface area contributed by atoms with Crippen LogP contribution in [-0.4, -0.2) is 36.5 Å². The molecule has 1 atom stereocenters. The molecule has 0 spiro atoms. The van der Waals surface area contributed by atoms with Crippen LogP contribution in [0.2, 0.25) is 0 Å². The fourth-order valence-electron chi connectivity index (χ4n) is 1.36. The molecule has 1 unspecified atom stereocenters. The van der Waals surface area contributed by atoms with Crippen LogP contribution < -0.4 is 10.6 Å². The molecule has 1 heterocycles. The first kappa shape index (κ1) is 11.6. The van der Waals surface area contributed by atoms with Gasteiger partial charge in [-0.15, -0.1) is 6.58 Å². The molecule has 0 aromatic rings. The second kappa shape index (κ2) is 6.90. The molecule has 4 heteroatoms. The van der Waals surface area contributed by atoms with Gasteiger partial charge in [-0.25, -0.2) is 0 Å². The molecule has 1 amide bonds. The molecule has 1 fully saturated rings. The van der Waals surface area contributed by atoms with Crippen molar-refractivity contribution in [3.05, 3.63) is 12.7 Å². The third-order valence-electron chi connectivity index (χ3n) is 2.10. The zero-order valence-corrected chi connectivity index (χ0v) is 9.24. The van der Waals surface area contributed by atoms with E-state index < -0.39 is 0 Å². The van der Waals surface area contributed by atoms with Gasteiger partial charge in [-0.2, -0.15) is 11.8 Å². The first-order valence-electron chi connectivity index (χ1n) is 5.01. The second-order valence-corrected chi connectivity index (χ2v) is 4.51. The third kappa shape index (κ3) is 4.67. The number of hydrogen-bond acceptors (Lipinski definition) is 3. The highest BCUT2D eigenvalue weighted by Gasteiger charge is 2.15. The fourth-order valence-corrected chi connectivity index (χ4v) is 2.31. The van der Waals surface area contributed by atoms with Crippen LogP contribution in [0, 0.1) is 0 Å². The predicted molar refractivity (Wildman–Crippen MR) is 61.6 cm³/mol. The molecule has 0 saturated carbocycles. The van der Waals surface area contributed by atoms with Crippen molar-refractivity contribution in [3.63, 3.8) is 0 Å². The molecule has 1 rings (SSSR count). The molecular weight excluding hydrogens is 196 g/mol. The lowest BCUT2D eigenvalue weighted by atomic mass is 10.2. The summed E-state index contributed by atoms with van der Waals surface area (Å²) >= 11 is 1.91. The number of nitrogens with one attached hydrogen (secondary N) is 2. The van der Waals surface area contributed by atoms with Gasteiger partial charge >= 0.3 is 0 Å². The Morgan fingerprint density at radius 3 is 3.21 bits per heavy atom. The Kier molecular flexibility index (Phi) is 5.71. The lowest BCUT2D eigenvalue weighted by molar-refractivity contribution is -0.121. The van der Waals surface area contributed by atoms with Crippen LogP contribution in [0.3, 0.4) is 0 Å². The van der Waals surface area contributed by atoms with Crippen molar-refractivity contribution < 1.29 is 4.79 Å². The average molecular weight is 214 g/mol. The topological polar surface area (TPSA) is 41.1 Å². The summed E-state index contributed by atoms with van der Waals surface area (Å²) < 4.78 is 0. The van der Waals surface area contributed by atoms with Crippen molar-refractivity contribution >= 4 is 17.7 Å². The van der Waals surface area contributed by atoms with Gasteiger partial charge in [0.1, 0.15) is 0 Å². The maximum Gasteiger partial charge on any atom is 0.221 e. The predicted octanol–water partition coefficient (Wildman–Crippen LogP) is 0.774. The van der Waals surface area contributed by atoms with Gasteiger partial charge in [0.05, 0.1) is 0 Å². The van der Waals surface area contributed by atoms with E-state index in [1.165, 1.54) is 0 Å². The van der Waals surface area contributed by atoms with E-state index in [1.54, 1.807) is 0 Å². The molecule has 2 N–H and O–H groups in total. The molecular formula is C10H18N2OS. The molecule has 1 aliphatic rings. The van der Waals surface area contributed by atoms with E-state index >= 15 is 0 Å². The summed E-state index contributed by atoms with van der Waals surface area (Å²) in [7, 11) is 0. The minimum Gasteiger partial charge on any atom is -0.356 e. The quantitative estimate of drug-likeness (QED) is 0.525. The Morgan fingerprint density at radius 1 is 1.71 bits per heavy atom. The number of hydrogen-bond donors (Lipinski definition) is 2. The van der Waals surface area contributed by atoms with E-state index in [0.717, 1.165) is 24.5 Å². The van der Waals surface area contributed by atoms with Gasteiger partial charge in [0.15, 0.2) is 0 Å². The van der Waals surface area contributed by atoms with Gasteiger partial charge in [-0.3, -0.25) is 4.79 Å². The molecule has 0 bridgehead atoms. The summed E-state index contributed by atoms with van der Waals surface area (Å²) in [4.78, 5) is 11.4. The lowest BCUT2D eigenvalue weighted by Gasteiger charge is -2.22. The summed E-state index contributed by atoms with van der Waals surface area (Å²) in [6.45, 7) is 5.34. The van der Waals surface area contributed by atoms with Gasteiger partial charge in [-0.1, -0.05) is 6.08 Å². The average Bonchev–Trinajstić information content (AvgIpc) is 2.20. The highest BCUT2D eigenvalue weighted by molar-refractivity contribution is 7.99. The molecule has 0 aromatic carbocycles. The van der Waals surface area contributed by atoms with Crippen LogP contribution in [-0.2, 0) is 4.79 Å². The SMILES string of the molecule is C=CCCNC(=O)CC1CSCCN1. The minimum atomic E-state index is 0.145. The highest BCUT2D eigenvalue weighted by atomic mass is 32.2. The number of thioether (sulfide) groups is 1. The van der Waals surface area contributed by atoms with E-state index in [4.69, 9.17) is 0 Å². The van der Waals surface area contributed by atoms with Gasteiger partial charge in [-0.05, 0) is 6.42 Å². The Bertz CT molecular complexity index is 191. The Morgan fingerprint density at radius 2 is 2.57 bits per heavy atom. The van der Waals surface area contributed by atoms with E-state index in [-0.39, 0.29) is 5.91 Å². The Balaban J connectivity index is 2.09. The van der Waals surface area contributed by atoms with Crippen molar-refractivity contribution in [3.8, 4) is 0 Å². The highest BCUT2D eigenvalue weighted by Crippen LogP contribution is 2.09. The summed E-state index contributed by atoms with van der Waals surface area (Å²) in [5.41, 5.74) is 0. The fraction of sp³-hybridized carbons (Fsp3) is 0.700. The Labute approximate surface area is 89.7 Å². The standard InChI is InChI=1S/C10H18N2OS/c1-2-3-4-12-10(13)7-9-8-14-6-5-11-9/h2,9,11H,1,3-8H2,(H,12,13). The van der Waals surface area contributed by atoms with Gasteiger partial charge in [0.2, 0.25) is 5.91 Å². The van der Waals surface area contributed by atoms with Crippen molar-refractivity contribution in [2.45, 2.75) is 18.9 Å². The molecule has 0 aromatic heterocycles. The van der Waals surface area contributed by atoms with Crippen molar-refractivity contribution in [2.24, 2.45) is 0 Å². The number of rotatable bonds is 5. The molecule has 0 radical (unpaired) electrons. The van der Waals surface area contributed by atoms with Crippen LogP contribution >= 0.6 is 11.8 Å². The zero-order valence-electron chi connectivity index (χ0n) is 8.42. The second-order valence-electron chi connectivity index (χ2n) is 3.36. The lowest BCUT2D eigenvalue weighted by Crippen LogP contribution is -2.41. The van der Waals surface area contributed by atoms with E-state index in [9.17, 15) is 4.79 Å². The number of carbonyl (C=O) groups excluding carboxylic acids is 1. The molecule has 1 saturated heterocycles. The maximum atomic E-state index is 11.4. The molecule has 1 aliphatic heterocycles. The van der Waals surface area contributed by atoms with Gasteiger partial charge in [0.25, 0.3) is 0 Å². The largest absolute Gasteiger partial charge is 0.356 e. The minimum absolute atomic E-state index is 0.145. The molecule has 14 heavy (non-hydrogen) atoms. The van der Waals surface area contributed by atoms with Crippen LogP contribution in [0.4, 0.5) is 0 Å². The summed E-state index contributed by atoms with van der Waals surface area (Å²) in [6, 6.07) is 0.359. The molecule has 0 aliphatic carbocycles. The third-order valence-corrected chi connectivity index (χ3v) is 3.23.